The third-order valence-electron chi connectivity index (χ3n) is 3.67. The number of nitrogens with zero attached hydrogens (tertiary/aromatic N) is 1. The molecule has 0 aliphatic heterocycles. The summed E-state index contributed by atoms with van der Waals surface area (Å²) in [4.78, 5) is 2.45. The molecule has 0 amide bonds. The summed E-state index contributed by atoms with van der Waals surface area (Å²) in [5.74, 6) is 0.877. The van der Waals surface area contributed by atoms with Gasteiger partial charge in [0, 0.05) is 6.04 Å². The molecule has 0 fully saturated rings. The average molecular weight is 343 g/mol. The molecule has 0 aliphatic rings. The number of ether oxygens (including phenoxy) is 1. The van der Waals surface area contributed by atoms with E-state index in [-0.39, 0.29) is 0 Å². The molecule has 0 aromatic heterocycles. The number of methoxy groups -OCH3 is 1. The Morgan fingerprint density at radius 3 is 2.55 bits per heavy atom. The van der Waals surface area contributed by atoms with E-state index in [1.54, 1.807) is 7.11 Å². The molecule has 114 valence electrons. The van der Waals surface area contributed by atoms with E-state index in [1.807, 2.05) is 6.07 Å². The lowest BCUT2D eigenvalue weighted by molar-refractivity contribution is 0.296. The van der Waals surface area contributed by atoms with Gasteiger partial charge in [-0.1, -0.05) is 19.9 Å². The third kappa shape index (κ3) is 5.43. The number of nitrogens with one attached hydrogen (secondary N) is 1. The van der Waals surface area contributed by atoms with Gasteiger partial charge in [0.05, 0.1) is 11.6 Å². The minimum absolute atomic E-state index is 0.355. The number of benzene rings is 1. The summed E-state index contributed by atoms with van der Waals surface area (Å²) in [6, 6.07) is 6.61. The fraction of sp³-hybridized carbons (Fsp3) is 0.625. The Balaban J connectivity index is 2.39. The topological polar surface area (TPSA) is 24.5 Å². The van der Waals surface area contributed by atoms with Crippen molar-refractivity contribution in [3.05, 3.63) is 28.2 Å². The highest BCUT2D eigenvalue weighted by Gasteiger charge is 2.08. The zero-order chi connectivity index (χ0) is 15.0. The van der Waals surface area contributed by atoms with E-state index < -0.39 is 0 Å². The van der Waals surface area contributed by atoms with Gasteiger partial charge in [0.25, 0.3) is 0 Å². The van der Waals surface area contributed by atoms with Crippen LogP contribution >= 0.6 is 15.9 Å². The van der Waals surface area contributed by atoms with Crippen molar-refractivity contribution < 1.29 is 4.74 Å². The van der Waals surface area contributed by atoms with Crippen molar-refractivity contribution in [2.24, 2.45) is 0 Å². The number of hydrogen-bond donors (Lipinski definition) is 1. The molecule has 1 aromatic carbocycles. The summed E-state index contributed by atoms with van der Waals surface area (Å²) < 4.78 is 6.27. The molecule has 20 heavy (non-hydrogen) atoms. The predicted molar refractivity (Wildman–Crippen MR) is 89.5 cm³/mol. The second kappa shape index (κ2) is 9.37. The van der Waals surface area contributed by atoms with Crippen LogP contribution in [0.3, 0.4) is 0 Å². The minimum atomic E-state index is 0.355. The molecule has 0 saturated heterocycles. The van der Waals surface area contributed by atoms with Crippen LogP contribution in [0.5, 0.6) is 5.75 Å². The Labute approximate surface area is 131 Å². The highest BCUT2D eigenvalue weighted by atomic mass is 79.9. The first-order chi connectivity index (χ1) is 9.62. The third-order valence-corrected chi connectivity index (χ3v) is 4.29. The molecule has 0 bridgehead atoms. The van der Waals surface area contributed by atoms with Crippen molar-refractivity contribution >= 4 is 15.9 Å². The standard InChI is InChI=1S/C16H27BrN2O/c1-5-19(6-2)11-7-10-18-13(3)14-8-9-16(20-4)15(17)12-14/h8-9,12-13,18H,5-7,10-11H2,1-4H3. The lowest BCUT2D eigenvalue weighted by Crippen LogP contribution is -2.28. The summed E-state index contributed by atoms with van der Waals surface area (Å²) in [6.45, 7) is 11.1. The molecule has 0 radical (unpaired) electrons. The van der Waals surface area contributed by atoms with Gasteiger partial charge in [-0.25, -0.2) is 0 Å². The zero-order valence-electron chi connectivity index (χ0n) is 13.1. The van der Waals surface area contributed by atoms with Crippen LogP contribution in [0.15, 0.2) is 22.7 Å². The van der Waals surface area contributed by atoms with Gasteiger partial charge < -0.3 is 15.0 Å². The van der Waals surface area contributed by atoms with Crippen LogP contribution in [0.4, 0.5) is 0 Å². The van der Waals surface area contributed by atoms with E-state index in [0.29, 0.717) is 6.04 Å². The number of hydrogen-bond acceptors (Lipinski definition) is 3. The van der Waals surface area contributed by atoms with Crippen LogP contribution < -0.4 is 10.1 Å². The van der Waals surface area contributed by atoms with Gasteiger partial charge in [0.15, 0.2) is 0 Å². The minimum Gasteiger partial charge on any atom is -0.496 e. The first-order valence-electron chi connectivity index (χ1n) is 7.41. The van der Waals surface area contributed by atoms with E-state index in [9.17, 15) is 0 Å². The van der Waals surface area contributed by atoms with Gasteiger partial charge >= 0.3 is 0 Å². The zero-order valence-corrected chi connectivity index (χ0v) is 14.7. The van der Waals surface area contributed by atoms with Gasteiger partial charge in [0.1, 0.15) is 5.75 Å². The summed E-state index contributed by atoms with van der Waals surface area (Å²) in [5, 5.41) is 3.58. The van der Waals surface area contributed by atoms with E-state index in [4.69, 9.17) is 4.74 Å². The first kappa shape index (κ1) is 17.5. The second-order valence-corrected chi connectivity index (χ2v) is 5.80. The molecule has 3 nitrogen and oxygen atoms in total. The van der Waals surface area contributed by atoms with Crippen LogP contribution in [0.1, 0.15) is 38.8 Å². The Morgan fingerprint density at radius 1 is 1.30 bits per heavy atom. The summed E-state index contributed by atoms with van der Waals surface area (Å²) in [6.07, 6.45) is 1.18. The van der Waals surface area contributed by atoms with Gasteiger partial charge in [0.2, 0.25) is 0 Å². The predicted octanol–water partition coefficient (Wildman–Crippen LogP) is 3.84. The Morgan fingerprint density at radius 2 is 2.00 bits per heavy atom. The van der Waals surface area contributed by atoms with Crippen LogP contribution in [0.2, 0.25) is 0 Å². The maximum Gasteiger partial charge on any atom is 0.133 e. The molecule has 1 atom stereocenters. The summed E-state index contributed by atoms with van der Waals surface area (Å²) in [5.41, 5.74) is 1.28. The van der Waals surface area contributed by atoms with Crippen molar-refractivity contribution in [2.75, 3.05) is 33.3 Å². The molecule has 0 heterocycles. The maximum atomic E-state index is 5.26. The highest BCUT2D eigenvalue weighted by molar-refractivity contribution is 9.10. The lowest BCUT2D eigenvalue weighted by Gasteiger charge is -2.19. The molecule has 1 unspecified atom stereocenters. The fourth-order valence-corrected chi connectivity index (χ4v) is 2.79. The molecular weight excluding hydrogens is 316 g/mol. The van der Waals surface area contributed by atoms with Gasteiger partial charge in [-0.3, -0.25) is 0 Å². The molecule has 0 saturated carbocycles. The number of halogens is 1. The normalized spacial score (nSPS) is 12.7. The molecular formula is C16H27BrN2O. The summed E-state index contributed by atoms with van der Waals surface area (Å²) >= 11 is 3.54. The van der Waals surface area contributed by atoms with Crippen molar-refractivity contribution in [3.8, 4) is 5.75 Å². The van der Waals surface area contributed by atoms with Crippen LogP contribution in [0, 0.1) is 0 Å². The molecule has 4 heteroatoms. The Hall–Kier alpha value is -0.580. The van der Waals surface area contributed by atoms with E-state index in [1.165, 1.54) is 18.5 Å². The van der Waals surface area contributed by atoms with Crippen molar-refractivity contribution in [1.29, 1.82) is 0 Å². The average Bonchev–Trinajstić information content (AvgIpc) is 2.47. The molecule has 1 aromatic rings. The fourth-order valence-electron chi connectivity index (χ4n) is 2.23. The molecule has 0 aliphatic carbocycles. The van der Waals surface area contributed by atoms with Crippen molar-refractivity contribution in [2.45, 2.75) is 33.2 Å². The van der Waals surface area contributed by atoms with E-state index >= 15 is 0 Å². The van der Waals surface area contributed by atoms with Crippen LogP contribution in [-0.2, 0) is 0 Å². The highest BCUT2D eigenvalue weighted by Crippen LogP contribution is 2.27. The monoisotopic (exact) mass is 342 g/mol. The van der Waals surface area contributed by atoms with E-state index in [0.717, 1.165) is 29.9 Å². The quantitative estimate of drug-likeness (QED) is 0.690. The van der Waals surface area contributed by atoms with Crippen LogP contribution in [-0.4, -0.2) is 38.2 Å². The van der Waals surface area contributed by atoms with Crippen molar-refractivity contribution in [1.82, 2.24) is 10.2 Å². The smallest absolute Gasteiger partial charge is 0.133 e. The first-order valence-corrected chi connectivity index (χ1v) is 8.20. The maximum absolute atomic E-state index is 5.26. The Kier molecular flexibility index (Phi) is 8.19. The lowest BCUT2D eigenvalue weighted by atomic mass is 10.1. The molecule has 0 spiro atoms. The van der Waals surface area contributed by atoms with Crippen LogP contribution in [0.25, 0.3) is 0 Å². The van der Waals surface area contributed by atoms with E-state index in [2.05, 4.69) is 59.1 Å². The SMILES string of the molecule is CCN(CC)CCCNC(C)c1ccc(OC)c(Br)c1. The molecule has 1 rings (SSSR count). The molecule has 1 N–H and O–H groups in total. The summed E-state index contributed by atoms with van der Waals surface area (Å²) in [7, 11) is 1.69. The van der Waals surface area contributed by atoms with Gasteiger partial charge in [-0.15, -0.1) is 0 Å². The Bertz CT molecular complexity index is 394. The van der Waals surface area contributed by atoms with Crippen molar-refractivity contribution in [3.63, 3.8) is 0 Å². The van der Waals surface area contributed by atoms with Gasteiger partial charge in [-0.05, 0) is 73.1 Å². The van der Waals surface area contributed by atoms with Gasteiger partial charge in [-0.2, -0.15) is 0 Å². The number of rotatable bonds is 9. The second-order valence-electron chi connectivity index (χ2n) is 4.95. The largest absolute Gasteiger partial charge is 0.496 e.